The van der Waals surface area contributed by atoms with Crippen LogP contribution >= 0.6 is 11.6 Å². The van der Waals surface area contributed by atoms with Gasteiger partial charge in [0.2, 0.25) is 5.91 Å². The van der Waals surface area contributed by atoms with Gasteiger partial charge in [0.15, 0.2) is 5.78 Å². The average Bonchev–Trinajstić information content (AvgIpc) is 2.82. The molecule has 1 saturated heterocycles. The lowest BCUT2D eigenvalue weighted by molar-refractivity contribution is -0.137. The molecule has 10 heteroatoms. The summed E-state index contributed by atoms with van der Waals surface area (Å²) in [6.07, 6.45) is -4.63. The van der Waals surface area contributed by atoms with Gasteiger partial charge in [0.25, 0.3) is 10.0 Å². The highest BCUT2D eigenvalue weighted by Crippen LogP contribution is 2.31. The number of benzene rings is 2. The number of ketones is 1. The van der Waals surface area contributed by atoms with E-state index in [0.29, 0.717) is 9.33 Å². The van der Waals surface area contributed by atoms with E-state index in [1.807, 2.05) is 0 Å². The Hall–Kier alpha value is -2.39. The Kier molecular flexibility index (Phi) is 6.24. The standard InChI is InChI=1S/C20H17ClF3NO4S/c21-16-5-8-18(9-6-16)30(28,29)25-12-17(26)7-4-14(19(25)27)10-13-2-1-3-15(11-13)20(22,23)24/h1-3,5-6,8-9,11,14H,4,7,10,12H2. The molecule has 1 unspecified atom stereocenters. The van der Waals surface area contributed by atoms with Crippen molar-refractivity contribution in [3.05, 3.63) is 64.7 Å². The molecule has 1 aliphatic rings. The summed E-state index contributed by atoms with van der Waals surface area (Å²) >= 11 is 5.77. The van der Waals surface area contributed by atoms with Gasteiger partial charge in [-0.15, -0.1) is 0 Å². The SMILES string of the molecule is O=C1CCC(Cc2cccc(C(F)(F)F)c2)C(=O)N(S(=O)(=O)c2ccc(Cl)cc2)C1. The number of Topliss-reactive ketones (excluding diaryl/α,β-unsaturated/α-hetero) is 1. The van der Waals surface area contributed by atoms with Crippen molar-refractivity contribution < 1.29 is 31.2 Å². The van der Waals surface area contributed by atoms with Crippen molar-refractivity contribution in [2.75, 3.05) is 6.54 Å². The smallest absolute Gasteiger partial charge is 0.298 e. The van der Waals surface area contributed by atoms with Crippen LogP contribution in [0.25, 0.3) is 0 Å². The molecule has 1 aliphatic heterocycles. The second-order valence-corrected chi connectivity index (χ2v) is 9.28. The van der Waals surface area contributed by atoms with Crippen molar-refractivity contribution in [1.29, 1.82) is 0 Å². The summed E-state index contributed by atoms with van der Waals surface area (Å²) in [5.41, 5.74) is -0.621. The first-order chi connectivity index (χ1) is 14.0. The van der Waals surface area contributed by atoms with Gasteiger partial charge in [-0.2, -0.15) is 13.2 Å². The van der Waals surface area contributed by atoms with Crippen molar-refractivity contribution in [2.24, 2.45) is 5.92 Å². The first kappa shape index (κ1) is 22.3. The number of hydrogen-bond acceptors (Lipinski definition) is 4. The number of sulfonamides is 1. The summed E-state index contributed by atoms with van der Waals surface area (Å²) in [7, 11) is -4.32. The summed E-state index contributed by atoms with van der Waals surface area (Å²) in [5, 5.41) is 0.301. The van der Waals surface area contributed by atoms with Gasteiger partial charge in [0.05, 0.1) is 17.0 Å². The van der Waals surface area contributed by atoms with Crippen molar-refractivity contribution >= 4 is 33.3 Å². The van der Waals surface area contributed by atoms with Gasteiger partial charge in [-0.05, 0) is 48.7 Å². The first-order valence-electron chi connectivity index (χ1n) is 8.98. The van der Waals surface area contributed by atoms with Crippen LogP contribution in [0.15, 0.2) is 53.4 Å². The molecule has 30 heavy (non-hydrogen) atoms. The maximum atomic E-state index is 13.0. The molecule has 2 aromatic rings. The number of hydrogen-bond donors (Lipinski definition) is 0. The third-order valence-electron chi connectivity index (χ3n) is 4.82. The summed E-state index contributed by atoms with van der Waals surface area (Å²) in [4.78, 5) is 24.9. The van der Waals surface area contributed by atoms with E-state index in [1.165, 1.54) is 36.4 Å². The third-order valence-corrected chi connectivity index (χ3v) is 6.83. The van der Waals surface area contributed by atoms with Crippen LogP contribution in [0.5, 0.6) is 0 Å². The van der Waals surface area contributed by atoms with Crippen LogP contribution in [0.4, 0.5) is 13.2 Å². The molecule has 2 aromatic carbocycles. The van der Waals surface area contributed by atoms with Gasteiger partial charge in [0.1, 0.15) is 0 Å². The molecule has 0 N–H and O–H groups in total. The maximum absolute atomic E-state index is 13.0. The monoisotopic (exact) mass is 459 g/mol. The van der Waals surface area contributed by atoms with Crippen LogP contribution in [0, 0.1) is 5.92 Å². The number of nitrogens with zero attached hydrogens (tertiary/aromatic N) is 1. The molecule has 0 radical (unpaired) electrons. The predicted octanol–water partition coefficient (Wildman–Crippen LogP) is 4.10. The quantitative estimate of drug-likeness (QED) is 0.690. The fourth-order valence-electron chi connectivity index (χ4n) is 3.27. The van der Waals surface area contributed by atoms with Crippen LogP contribution in [0.2, 0.25) is 5.02 Å². The van der Waals surface area contributed by atoms with E-state index in [2.05, 4.69) is 0 Å². The lowest BCUT2D eigenvalue weighted by atomic mass is 9.93. The Morgan fingerprint density at radius 1 is 1.07 bits per heavy atom. The highest BCUT2D eigenvalue weighted by molar-refractivity contribution is 7.89. The van der Waals surface area contributed by atoms with E-state index in [9.17, 15) is 31.2 Å². The lowest BCUT2D eigenvalue weighted by Gasteiger charge is -2.23. The van der Waals surface area contributed by atoms with Gasteiger partial charge in [0, 0.05) is 17.4 Å². The average molecular weight is 460 g/mol. The summed E-state index contributed by atoms with van der Waals surface area (Å²) in [5.74, 6) is -2.19. The topological polar surface area (TPSA) is 71.5 Å². The fourth-order valence-corrected chi connectivity index (χ4v) is 4.83. The minimum Gasteiger partial charge on any atom is -0.298 e. The first-order valence-corrected chi connectivity index (χ1v) is 10.8. The van der Waals surface area contributed by atoms with Gasteiger partial charge in [-0.25, -0.2) is 12.7 Å². The Morgan fingerprint density at radius 3 is 2.37 bits per heavy atom. The van der Waals surface area contributed by atoms with Crippen LogP contribution in [-0.4, -0.2) is 31.0 Å². The number of carbonyl (C=O) groups excluding carboxylic acids is 2. The molecule has 1 heterocycles. The Balaban J connectivity index is 1.91. The predicted molar refractivity (Wildman–Crippen MR) is 103 cm³/mol. The zero-order chi connectivity index (χ0) is 22.1. The summed E-state index contributed by atoms with van der Waals surface area (Å²) in [6, 6.07) is 9.65. The number of carbonyl (C=O) groups is 2. The second kappa shape index (κ2) is 8.39. The van der Waals surface area contributed by atoms with Gasteiger partial charge in [-0.3, -0.25) is 9.59 Å². The highest BCUT2D eigenvalue weighted by Gasteiger charge is 2.38. The zero-order valence-corrected chi connectivity index (χ0v) is 17.1. The molecule has 0 spiro atoms. The molecule has 0 bridgehead atoms. The molecule has 1 fully saturated rings. The van der Waals surface area contributed by atoms with Gasteiger partial charge >= 0.3 is 6.18 Å². The number of halogens is 4. The Labute approximate surface area is 176 Å². The van der Waals surface area contributed by atoms with E-state index in [1.54, 1.807) is 0 Å². The second-order valence-electron chi connectivity index (χ2n) is 6.98. The van der Waals surface area contributed by atoms with Crippen molar-refractivity contribution in [1.82, 2.24) is 4.31 Å². The normalized spacial score (nSPS) is 18.4. The number of amides is 1. The van der Waals surface area contributed by atoms with Gasteiger partial charge in [-0.1, -0.05) is 29.8 Å². The summed E-state index contributed by atoms with van der Waals surface area (Å²) in [6.45, 7) is -0.608. The Morgan fingerprint density at radius 2 is 1.73 bits per heavy atom. The fraction of sp³-hybridized carbons (Fsp3) is 0.300. The van der Waals surface area contributed by atoms with E-state index >= 15 is 0 Å². The summed E-state index contributed by atoms with van der Waals surface area (Å²) < 4.78 is 65.3. The minimum absolute atomic E-state index is 0.0397. The van der Waals surface area contributed by atoms with E-state index in [-0.39, 0.29) is 29.7 Å². The zero-order valence-electron chi connectivity index (χ0n) is 15.5. The van der Waals surface area contributed by atoms with Crippen molar-refractivity contribution in [3.8, 4) is 0 Å². The molecule has 0 aliphatic carbocycles. The van der Waals surface area contributed by atoms with Crippen LogP contribution in [-0.2, 0) is 32.2 Å². The van der Waals surface area contributed by atoms with Crippen molar-refractivity contribution in [3.63, 3.8) is 0 Å². The molecule has 1 amide bonds. The maximum Gasteiger partial charge on any atom is 0.416 e. The molecule has 3 rings (SSSR count). The molecular formula is C20H17ClF3NO4S. The molecule has 0 saturated carbocycles. The molecular weight excluding hydrogens is 443 g/mol. The van der Waals surface area contributed by atoms with Crippen LogP contribution in [0.1, 0.15) is 24.0 Å². The van der Waals surface area contributed by atoms with E-state index in [4.69, 9.17) is 11.6 Å². The lowest BCUT2D eigenvalue weighted by Crippen LogP contribution is -2.42. The van der Waals surface area contributed by atoms with Crippen LogP contribution < -0.4 is 0 Å². The molecule has 1 atom stereocenters. The van der Waals surface area contributed by atoms with E-state index < -0.39 is 45.9 Å². The Bertz CT molecular complexity index is 1070. The van der Waals surface area contributed by atoms with Crippen LogP contribution in [0.3, 0.4) is 0 Å². The van der Waals surface area contributed by atoms with Crippen molar-refractivity contribution in [2.45, 2.75) is 30.3 Å². The number of rotatable bonds is 4. The van der Waals surface area contributed by atoms with E-state index in [0.717, 1.165) is 12.1 Å². The molecule has 5 nitrogen and oxygen atoms in total. The highest BCUT2D eigenvalue weighted by atomic mass is 35.5. The van der Waals surface area contributed by atoms with Gasteiger partial charge < -0.3 is 0 Å². The minimum atomic E-state index is -4.54. The third kappa shape index (κ3) is 4.84. The largest absolute Gasteiger partial charge is 0.416 e. The number of alkyl halides is 3. The molecule has 160 valence electrons. The molecule has 0 aromatic heterocycles.